The van der Waals surface area contributed by atoms with Crippen molar-refractivity contribution in [1.29, 1.82) is 0 Å². The van der Waals surface area contributed by atoms with Gasteiger partial charge in [0.05, 0.1) is 17.3 Å². The topological polar surface area (TPSA) is 147 Å². The molecule has 6 aromatic rings. The fraction of sp³-hybridized carbons (Fsp3) is 0. The molecule has 0 aliphatic rings. The smallest absolute Gasteiger partial charge is 0.269 e. The van der Waals surface area contributed by atoms with Crippen molar-refractivity contribution in [2.45, 2.75) is 0 Å². The van der Waals surface area contributed by atoms with E-state index in [2.05, 4.69) is 19.9 Å². The average molecular weight is 452 g/mol. The molecule has 0 saturated carbocycles. The van der Waals surface area contributed by atoms with Gasteiger partial charge in [-0.15, -0.1) is 0 Å². The number of nitro benzene ring substituents is 1. The number of fused-ring (bicyclic) bond motifs is 2. The highest BCUT2D eigenvalue weighted by molar-refractivity contribution is 5.76. The molecule has 0 aliphatic carbocycles. The number of hydrogen-bond donors (Lipinski definition) is 1. The van der Waals surface area contributed by atoms with E-state index < -0.39 is 4.92 Å². The molecule has 0 radical (unpaired) electrons. The van der Waals surface area contributed by atoms with Gasteiger partial charge < -0.3 is 14.6 Å². The molecule has 34 heavy (non-hydrogen) atoms. The van der Waals surface area contributed by atoms with Crippen molar-refractivity contribution in [3.63, 3.8) is 0 Å². The Balaban J connectivity index is 0.000000142. The molecule has 0 fully saturated rings. The van der Waals surface area contributed by atoms with Crippen molar-refractivity contribution >= 4 is 33.6 Å². The number of hydrogen-bond acceptors (Lipinski definition) is 9. The van der Waals surface area contributed by atoms with E-state index in [4.69, 9.17) is 14.6 Å². The summed E-state index contributed by atoms with van der Waals surface area (Å²) in [6, 6.07) is 17.0. The molecule has 2 N–H and O–H groups in total. The summed E-state index contributed by atoms with van der Waals surface area (Å²) in [4.78, 5) is 26.6. The maximum Gasteiger partial charge on any atom is 0.269 e. The summed E-state index contributed by atoms with van der Waals surface area (Å²) in [6.45, 7) is 0. The Morgan fingerprint density at radius 1 is 0.706 bits per heavy atom. The number of oxazole rings is 2. The first kappa shape index (κ1) is 20.8. The van der Waals surface area contributed by atoms with E-state index in [9.17, 15) is 10.1 Å². The van der Waals surface area contributed by atoms with Crippen molar-refractivity contribution in [3.8, 4) is 22.9 Å². The van der Waals surface area contributed by atoms with Crippen LogP contribution in [-0.4, -0.2) is 24.9 Å². The molecular weight excluding hydrogens is 436 g/mol. The first-order valence-electron chi connectivity index (χ1n) is 10.1. The number of benzene rings is 2. The predicted molar refractivity (Wildman–Crippen MR) is 126 cm³/mol. The predicted octanol–water partition coefficient (Wildman–Crippen LogP) is 5.27. The second-order valence-electron chi connectivity index (χ2n) is 7.15. The lowest BCUT2D eigenvalue weighted by atomic mass is 10.2. The van der Waals surface area contributed by atoms with Crippen LogP contribution in [0.5, 0.6) is 0 Å². The van der Waals surface area contributed by atoms with Gasteiger partial charge in [0, 0.05) is 53.5 Å². The first-order valence-corrected chi connectivity index (χ1v) is 10.1. The monoisotopic (exact) mass is 452 g/mol. The zero-order valence-corrected chi connectivity index (χ0v) is 17.5. The molecule has 6 rings (SSSR count). The van der Waals surface area contributed by atoms with Gasteiger partial charge in [-0.2, -0.15) is 0 Å². The number of nitro groups is 1. The lowest BCUT2D eigenvalue weighted by Gasteiger charge is -1.95. The van der Waals surface area contributed by atoms with Crippen molar-refractivity contribution in [2.75, 3.05) is 5.73 Å². The van der Waals surface area contributed by atoms with Gasteiger partial charge in [-0.3, -0.25) is 20.1 Å². The summed E-state index contributed by atoms with van der Waals surface area (Å²) in [5.41, 5.74) is 10.8. The number of pyridine rings is 2. The molecule has 4 heterocycles. The summed E-state index contributed by atoms with van der Waals surface area (Å²) >= 11 is 0. The number of aromatic nitrogens is 4. The van der Waals surface area contributed by atoms with Crippen LogP contribution in [0.25, 0.3) is 45.1 Å². The summed E-state index contributed by atoms with van der Waals surface area (Å²) in [6.07, 6.45) is 6.58. The molecule has 4 aromatic heterocycles. The van der Waals surface area contributed by atoms with E-state index in [1.807, 2.05) is 24.3 Å². The molecular formula is C24H16N6O4. The van der Waals surface area contributed by atoms with Crippen LogP contribution in [0.1, 0.15) is 0 Å². The third-order valence-corrected chi connectivity index (χ3v) is 4.86. The van der Waals surface area contributed by atoms with E-state index in [-0.39, 0.29) is 5.69 Å². The second-order valence-corrected chi connectivity index (χ2v) is 7.15. The molecule has 0 atom stereocenters. The molecule has 2 aromatic carbocycles. The van der Waals surface area contributed by atoms with E-state index in [1.54, 1.807) is 49.1 Å². The van der Waals surface area contributed by atoms with E-state index >= 15 is 0 Å². The minimum absolute atomic E-state index is 0.0385. The Kier molecular flexibility index (Phi) is 5.37. The van der Waals surface area contributed by atoms with Crippen molar-refractivity contribution in [1.82, 2.24) is 19.9 Å². The molecule has 0 amide bonds. The third-order valence-electron chi connectivity index (χ3n) is 4.86. The molecule has 10 heteroatoms. The number of nitrogen functional groups attached to an aromatic ring is 1. The lowest BCUT2D eigenvalue weighted by Crippen LogP contribution is -1.87. The highest BCUT2D eigenvalue weighted by Crippen LogP contribution is 2.25. The van der Waals surface area contributed by atoms with Gasteiger partial charge in [0.2, 0.25) is 11.8 Å². The molecule has 0 bridgehead atoms. The maximum absolute atomic E-state index is 10.5. The Bertz CT molecular complexity index is 1520. The van der Waals surface area contributed by atoms with Gasteiger partial charge >= 0.3 is 0 Å². The SMILES string of the molecule is Nc1ccc(-c2nc3cnccc3o2)cc1.O=[N+]([O-])c1ccc(-c2nc3cnccc3o2)cc1. The quantitative estimate of drug-likeness (QED) is 0.215. The number of rotatable bonds is 3. The maximum atomic E-state index is 10.5. The highest BCUT2D eigenvalue weighted by atomic mass is 16.6. The second kappa shape index (κ2) is 8.79. The lowest BCUT2D eigenvalue weighted by molar-refractivity contribution is -0.384. The number of anilines is 1. The first-order chi connectivity index (χ1) is 16.6. The molecule has 0 aliphatic heterocycles. The van der Waals surface area contributed by atoms with E-state index in [1.165, 1.54) is 12.1 Å². The van der Waals surface area contributed by atoms with Crippen LogP contribution in [0.4, 0.5) is 11.4 Å². The Hall–Kier alpha value is -5.12. The van der Waals surface area contributed by atoms with Gasteiger partial charge in [-0.25, -0.2) is 9.97 Å². The Morgan fingerprint density at radius 2 is 1.18 bits per heavy atom. The minimum atomic E-state index is -0.445. The van der Waals surface area contributed by atoms with Crippen LogP contribution in [-0.2, 0) is 0 Å². The van der Waals surface area contributed by atoms with Gasteiger partial charge in [0.25, 0.3) is 5.69 Å². The zero-order valence-electron chi connectivity index (χ0n) is 17.5. The summed E-state index contributed by atoms with van der Waals surface area (Å²) in [7, 11) is 0. The highest BCUT2D eigenvalue weighted by Gasteiger charge is 2.10. The molecule has 0 saturated heterocycles. The standard InChI is InChI=1S/C12H7N3O3.C12H9N3O/c16-15(17)9-3-1-8(2-4-9)12-14-10-7-13-6-5-11(10)18-12;13-9-3-1-8(2-4-9)12-15-10-7-14-6-5-11(10)16-12/h1-7H;1-7H,13H2. The van der Waals surface area contributed by atoms with E-state index in [0.29, 0.717) is 28.4 Å². The van der Waals surface area contributed by atoms with Gasteiger partial charge in [0.1, 0.15) is 11.0 Å². The number of nitrogens with zero attached hydrogens (tertiary/aromatic N) is 5. The largest absolute Gasteiger partial charge is 0.436 e. The van der Waals surface area contributed by atoms with Crippen LogP contribution >= 0.6 is 0 Å². The van der Waals surface area contributed by atoms with Gasteiger partial charge in [-0.05, 0) is 36.4 Å². The van der Waals surface area contributed by atoms with Crippen LogP contribution in [0.3, 0.4) is 0 Å². The molecule has 0 unspecified atom stereocenters. The normalized spacial score (nSPS) is 10.7. The molecule has 0 spiro atoms. The molecule has 10 nitrogen and oxygen atoms in total. The Morgan fingerprint density at radius 3 is 1.62 bits per heavy atom. The third kappa shape index (κ3) is 4.28. The summed E-state index contributed by atoms with van der Waals surface area (Å²) < 4.78 is 11.1. The minimum Gasteiger partial charge on any atom is -0.436 e. The van der Waals surface area contributed by atoms with E-state index in [0.717, 1.165) is 22.4 Å². The Labute approximate surface area is 191 Å². The van der Waals surface area contributed by atoms with Crippen molar-refractivity contribution in [3.05, 3.63) is 95.6 Å². The fourth-order valence-corrected chi connectivity index (χ4v) is 3.16. The van der Waals surface area contributed by atoms with Gasteiger partial charge in [0.15, 0.2) is 11.2 Å². The van der Waals surface area contributed by atoms with Crippen LogP contribution < -0.4 is 5.73 Å². The number of non-ortho nitro benzene ring substituents is 1. The van der Waals surface area contributed by atoms with Gasteiger partial charge in [-0.1, -0.05) is 0 Å². The van der Waals surface area contributed by atoms with Crippen LogP contribution in [0, 0.1) is 10.1 Å². The molecule has 166 valence electrons. The fourth-order valence-electron chi connectivity index (χ4n) is 3.16. The average Bonchev–Trinajstić information content (AvgIpc) is 3.49. The number of nitrogens with two attached hydrogens (primary N) is 1. The van der Waals surface area contributed by atoms with Crippen LogP contribution in [0.2, 0.25) is 0 Å². The van der Waals surface area contributed by atoms with Crippen molar-refractivity contribution in [2.24, 2.45) is 0 Å². The summed E-state index contributed by atoms with van der Waals surface area (Å²) in [5, 5.41) is 10.5. The van der Waals surface area contributed by atoms with Crippen molar-refractivity contribution < 1.29 is 13.8 Å². The zero-order chi connectivity index (χ0) is 23.5. The summed E-state index contributed by atoms with van der Waals surface area (Å²) in [5.74, 6) is 1.01. The van der Waals surface area contributed by atoms with Crippen LogP contribution in [0.15, 0.2) is 94.3 Å².